The SMILES string of the molecule is CNc1cc2cccc(C)c2oc1=O. The van der Waals surface area contributed by atoms with Crippen molar-refractivity contribution in [2.45, 2.75) is 6.92 Å². The van der Waals surface area contributed by atoms with Crippen LogP contribution in [0.2, 0.25) is 0 Å². The van der Waals surface area contributed by atoms with E-state index in [1.165, 1.54) is 0 Å². The van der Waals surface area contributed by atoms with Gasteiger partial charge in [0.1, 0.15) is 11.3 Å². The summed E-state index contributed by atoms with van der Waals surface area (Å²) in [6.07, 6.45) is 0. The molecule has 0 saturated heterocycles. The summed E-state index contributed by atoms with van der Waals surface area (Å²) in [6, 6.07) is 7.59. The lowest BCUT2D eigenvalue weighted by molar-refractivity contribution is 0.561. The van der Waals surface area contributed by atoms with E-state index in [2.05, 4.69) is 5.32 Å². The Morgan fingerprint density at radius 1 is 1.36 bits per heavy atom. The molecule has 1 heterocycles. The van der Waals surface area contributed by atoms with Crippen LogP contribution in [0.3, 0.4) is 0 Å². The zero-order valence-corrected chi connectivity index (χ0v) is 8.13. The zero-order valence-electron chi connectivity index (χ0n) is 8.13. The second-order valence-corrected chi connectivity index (χ2v) is 3.19. The lowest BCUT2D eigenvalue weighted by Gasteiger charge is -2.02. The van der Waals surface area contributed by atoms with Gasteiger partial charge in [-0.2, -0.15) is 0 Å². The van der Waals surface area contributed by atoms with Crippen LogP contribution >= 0.6 is 0 Å². The Balaban J connectivity index is 2.86. The van der Waals surface area contributed by atoms with E-state index in [1.54, 1.807) is 13.1 Å². The Kier molecular flexibility index (Phi) is 2.00. The fraction of sp³-hybridized carbons (Fsp3) is 0.182. The van der Waals surface area contributed by atoms with Gasteiger partial charge >= 0.3 is 5.63 Å². The highest BCUT2D eigenvalue weighted by Crippen LogP contribution is 2.18. The Bertz CT molecular complexity index is 528. The van der Waals surface area contributed by atoms with Crippen molar-refractivity contribution in [3.8, 4) is 0 Å². The first-order valence-corrected chi connectivity index (χ1v) is 4.43. The van der Waals surface area contributed by atoms with Crippen LogP contribution in [0.25, 0.3) is 11.0 Å². The fourth-order valence-electron chi connectivity index (χ4n) is 1.46. The maximum absolute atomic E-state index is 11.4. The molecule has 0 aliphatic carbocycles. The number of anilines is 1. The van der Waals surface area contributed by atoms with E-state index < -0.39 is 0 Å². The van der Waals surface area contributed by atoms with Crippen LogP contribution in [-0.4, -0.2) is 7.05 Å². The zero-order chi connectivity index (χ0) is 10.1. The van der Waals surface area contributed by atoms with E-state index in [-0.39, 0.29) is 5.63 Å². The summed E-state index contributed by atoms with van der Waals surface area (Å²) < 4.78 is 5.20. The molecule has 0 bridgehead atoms. The maximum Gasteiger partial charge on any atom is 0.359 e. The lowest BCUT2D eigenvalue weighted by atomic mass is 10.1. The van der Waals surface area contributed by atoms with Crippen LogP contribution in [0.15, 0.2) is 33.5 Å². The predicted molar refractivity (Wildman–Crippen MR) is 56.8 cm³/mol. The molecule has 1 N–H and O–H groups in total. The van der Waals surface area contributed by atoms with Crippen LogP contribution in [0.4, 0.5) is 5.69 Å². The molecule has 2 rings (SSSR count). The van der Waals surface area contributed by atoms with Gasteiger partial charge in [-0.25, -0.2) is 4.79 Å². The average Bonchev–Trinajstić information content (AvgIpc) is 2.19. The number of rotatable bonds is 1. The van der Waals surface area contributed by atoms with Crippen molar-refractivity contribution in [2.24, 2.45) is 0 Å². The molecule has 0 spiro atoms. The third kappa shape index (κ3) is 1.27. The van der Waals surface area contributed by atoms with Gasteiger partial charge in [-0.05, 0) is 18.6 Å². The van der Waals surface area contributed by atoms with Crippen LogP contribution in [0, 0.1) is 6.92 Å². The van der Waals surface area contributed by atoms with Crippen molar-refractivity contribution in [1.29, 1.82) is 0 Å². The number of nitrogens with one attached hydrogen (secondary N) is 1. The minimum Gasteiger partial charge on any atom is -0.421 e. The lowest BCUT2D eigenvalue weighted by Crippen LogP contribution is -2.06. The molecule has 14 heavy (non-hydrogen) atoms. The van der Waals surface area contributed by atoms with Crippen molar-refractivity contribution in [3.05, 3.63) is 40.2 Å². The molecular formula is C11H11NO2. The number of fused-ring (bicyclic) bond motifs is 1. The number of hydrogen-bond acceptors (Lipinski definition) is 3. The topological polar surface area (TPSA) is 42.2 Å². The van der Waals surface area contributed by atoms with Gasteiger partial charge in [0.25, 0.3) is 0 Å². The minimum absolute atomic E-state index is 0.325. The van der Waals surface area contributed by atoms with Crippen LogP contribution in [0.5, 0.6) is 0 Å². The summed E-state index contributed by atoms with van der Waals surface area (Å²) in [5.41, 5.74) is 1.80. The molecule has 3 heteroatoms. The van der Waals surface area contributed by atoms with Crippen LogP contribution in [-0.2, 0) is 0 Å². The van der Waals surface area contributed by atoms with Gasteiger partial charge in [-0.1, -0.05) is 18.2 Å². The van der Waals surface area contributed by atoms with Crippen molar-refractivity contribution in [2.75, 3.05) is 12.4 Å². The molecule has 0 aliphatic rings. The highest BCUT2D eigenvalue weighted by atomic mass is 16.4. The highest BCUT2D eigenvalue weighted by Gasteiger charge is 2.04. The summed E-state index contributed by atoms with van der Waals surface area (Å²) in [5, 5.41) is 3.74. The van der Waals surface area contributed by atoms with E-state index in [9.17, 15) is 4.79 Å². The van der Waals surface area contributed by atoms with E-state index in [4.69, 9.17) is 4.42 Å². The third-order valence-electron chi connectivity index (χ3n) is 2.23. The summed E-state index contributed by atoms with van der Waals surface area (Å²) in [5.74, 6) is 0. The summed E-state index contributed by atoms with van der Waals surface area (Å²) in [7, 11) is 1.70. The molecule has 0 unspecified atom stereocenters. The van der Waals surface area contributed by atoms with Gasteiger partial charge in [0.15, 0.2) is 0 Å². The van der Waals surface area contributed by atoms with Gasteiger partial charge in [0, 0.05) is 12.4 Å². The van der Waals surface area contributed by atoms with Crippen LogP contribution < -0.4 is 10.9 Å². The van der Waals surface area contributed by atoms with Gasteiger partial charge < -0.3 is 9.73 Å². The van der Waals surface area contributed by atoms with Gasteiger partial charge in [-0.15, -0.1) is 0 Å². The minimum atomic E-state index is -0.325. The quantitative estimate of drug-likeness (QED) is 0.699. The average molecular weight is 189 g/mol. The van der Waals surface area contributed by atoms with Gasteiger partial charge in [-0.3, -0.25) is 0 Å². The summed E-state index contributed by atoms with van der Waals surface area (Å²) in [6.45, 7) is 1.92. The van der Waals surface area contributed by atoms with Crippen molar-refractivity contribution >= 4 is 16.7 Å². The summed E-state index contributed by atoms with van der Waals surface area (Å²) >= 11 is 0. The van der Waals surface area contributed by atoms with Crippen molar-refractivity contribution < 1.29 is 4.42 Å². The molecule has 0 fully saturated rings. The summed E-state index contributed by atoms with van der Waals surface area (Å²) in [4.78, 5) is 11.4. The second kappa shape index (κ2) is 3.18. The molecule has 0 saturated carbocycles. The number of benzene rings is 1. The molecule has 0 aliphatic heterocycles. The van der Waals surface area contributed by atoms with Crippen molar-refractivity contribution in [3.63, 3.8) is 0 Å². The molecule has 0 atom stereocenters. The third-order valence-corrected chi connectivity index (χ3v) is 2.23. The standard InChI is InChI=1S/C11H11NO2/c1-7-4-3-5-8-6-9(12-2)11(13)14-10(7)8/h3-6,12H,1-2H3. The Morgan fingerprint density at radius 3 is 2.86 bits per heavy atom. The molecule has 0 radical (unpaired) electrons. The number of hydrogen-bond donors (Lipinski definition) is 1. The van der Waals surface area contributed by atoms with E-state index in [1.807, 2.05) is 25.1 Å². The van der Waals surface area contributed by atoms with Crippen LogP contribution in [0.1, 0.15) is 5.56 Å². The van der Waals surface area contributed by atoms with Gasteiger partial charge in [0.2, 0.25) is 0 Å². The first kappa shape index (κ1) is 8.81. The number of aryl methyl sites for hydroxylation is 1. The Hall–Kier alpha value is -1.77. The molecule has 3 nitrogen and oxygen atoms in total. The maximum atomic E-state index is 11.4. The fourth-order valence-corrected chi connectivity index (χ4v) is 1.46. The molecule has 0 amide bonds. The molecule has 1 aromatic carbocycles. The normalized spacial score (nSPS) is 10.4. The first-order chi connectivity index (χ1) is 6.72. The van der Waals surface area contributed by atoms with Crippen molar-refractivity contribution in [1.82, 2.24) is 0 Å². The predicted octanol–water partition coefficient (Wildman–Crippen LogP) is 2.14. The van der Waals surface area contributed by atoms with Gasteiger partial charge in [0.05, 0.1) is 0 Å². The second-order valence-electron chi connectivity index (χ2n) is 3.19. The molecule has 72 valence electrons. The van der Waals surface area contributed by atoms with E-state index >= 15 is 0 Å². The monoisotopic (exact) mass is 189 g/mol. The largest absolute Gasteiger partial charge is 0.421 e. The first-order valence-electron chi connectivity index (χ1n) is 4.43. The highest BCUT2D eigenvalue weighted by molar-refractivity contribution is 5.82. The van der Waals surface area contributed by atoms with E-state index in [0.29, 0.717) is 11.3 Å². The molecule has 2 aromatic rings. The smallest absolute Gasteiger partial charge is 0.359 e. The Morgan fingerprint density at radius 2 is 2.14 bits per heavy atom. The number of para-hydroxylation sites is 1. The molecular weight excluding hydrogens is 178 g/mol. The van der Waals surface area contributed by atoms with E-state index in [0.717, 1.165) is 10.9 Å². The molecule has 1 aromatic heterocycles. The Labute approximate surface area is 81.4 Å².